The maximum atomic E-state index is 11.3. The zero-order chi connectivity index (χ0) is 23.4. The number of aliphatic hydroxyl groups is 2. The lowest BCUT2D eigenvalue weighted by Gasteiger charge is -2.39. The predicted molar refractivity (Wildman–Crippen MR) is 116 cm³/mol. The van der Waals surface area contributed by atoms with Crippen molar-refractivity contribution >= 4 is 52.1 Å². The molecule has 0 unspecified atom stereocenters. The molecule has 2 aliphatic rings. The van der Waals surface area contributed by atoms with Crippen molar-refractivity contribution in [3.05, 3.63) is 34.6 Å². The average molecular weight is 497 g/mol. The summed E-state index contributed by atoms with van der Waals surface area (Å²) < 4.78 is 12.6. The van der Waals surface area contributed by atoms with Gasteiger partial charge in [-0.05, 0) is 12.1 Å². The molecule has 33 heavy (non-hydrogen) atoms. The number of hydrogen-bond acceptors (Lipinski definition) is 10. The van der Waals surface area contributed by atoms with Crippen LogP contribution in [-0.2, 0) is 9.53 Å². The van der Waals surface area contributed by atoms with Crippen LogP contribution in [0.25, 0.3) is 11.2 Å². The van der Waals surface area contributed by atoms with Gasteiger partial charge >= 0.3 is 5.97 Å². The number of halogens is 2. The van der Waals surface area contributed by atoms with Crippen LogP contribution < -0.4 is 15.4 Å². The molecule has 14 heteroatoms. The summed E-state index contributed by atoms with van der Waals surface area (Å²) in [6.07, 6.45) is -4.75. The molecule has 174 valence electrons. The van der Waals surface area contributed by atoms with Gasteiger partial charge < -0.3 is 35.4 Å². The first-order valence-corrected chi connectivity index (χ1v) is 10.6. The average Bonchev–Trinajstić information content (AvgIpc) is 3.28. The number of carboxylic acids is 1. The number of carbonyl (C=O) groups is 1. The van der Waals surface area contributed by atoms with E-state index in [1.807, 2.05) is 4.90 Å². The molecule has 5 N–H and O–H groups in total. The Bertz CT molecular complexity index is 1230. The van der Waals surface area contributed by atoms with E-state index in [9.17, 15) is 20.1 Å². The molecule has 2 fully saturated rings. The van der Waals surface area contributed by atoms with E-state index in [4.69, 9.17) is 38.4 Å². The highest BCUT2D eigenvalue weighted by Gasteiger charge is 2.48. The molecule has 0 aliphatic carbocycles. The van der Waals surface area contributed by atoms with E-state index in [0.717, 1.165) is 0 Å². The van der Waals surface area contributed by atoms with Crippen molar-refractivity contribution in [2.75, 3.05) is 23.7 Å². The van der Waals surface area contributed by atoms with Gasteiger partial charge in [0.05, 0.1) is 29.5 Å². The van der Waals surface area contributed by atoms with Gasteiger partial charge in [-0.15, -0.1) is 0 Å². The molecule has 1 aromatic carbocycles. The van der Waals surface area contributed by atoms with Crippen LogP contribution in [0.1, 0.15) is 6.23 Å². The number of fused-ring (bicyclic) bond motifs is 1. The summed E-state index contributed by atoms with van der Waals surface area (Å²) in [7, 11) is 0. The zero-order valence-electron chi connectivity index (χ0n) is 16.7. The molecule has 0 radical (unpaired) electrons. The minimum Gasteiger partial charge on any atom is -0.487 e. The summed E-state index contributed by atoms with van der Waals surface area (Å²) in [6, 6.07) is 5.01. The van der Waals surface area contributed by atoms with Crippen LogP contribution >= 0.6 is 23.2 Å². The number of imidazole rings is 1. The molecule has 2 aromatic heterocycles. The maximum absolute atomic E-state index is 11.3. The van der Waals surface area contributed by atoms with Gasteiger partial charge in [-0.1, -0.05) is 23.2 Å². The fourth-order valence-corrected chi connectivity index (χ4v) is 4.05. The molecule has 5 rings (SSSR count). The number of benzene rings is 1. The Morgan fingerprint density at radius 3 is 2.61 bits per heavy atom. The second-order valence-corrected chi connectivity index (χ2v) is 8.53. The summed E-state index contributed by atoms with van der Waals surface area (Å²) in [6.45, 7) is 0.948. The van der Waals surface area contributed by atoms with E-state index in [0.29, 0.717) is 34.8 Å². The highest BCUT2D eigenvalue weighted by atomic mass is 35.5. The third-order valence-electron chi connectivity index (χ3n) is 5.52. The lowest BCUT2D eigenvalue weighted by molar-refractivity contribution is -0.155. The molecule has 0 saturated carbocycles. The highest BCUT2D eigenvalue weighted by Crippen LogP contribution is 2.34. The van der Waals surface area contributed by atoms with Gasteiger partial charge in [0.15, 0.2) is 23.8 Å². The molecule has 4 heterocycles. The van der Waals surface area contributed by atoms with E-state index in [2.05, 4.69) is 15.0 Å². The Morgan fingerprint density at radius 1 is 1.18 bits per heavy atom. The smallest absolute Gasteiger partial charge is 0.335 e. The van der Waals surface area contributed by atoms with Gasteiger partial charge in [0, 0.05) is 6.07 Å². The number of carboxylic acid groups (broad SMARTS) is 1. The number of aliphatic carboxylic acids is 1. The summed E-state index contributed by atoms with van der Waals surface area (Å²) in [4.78, 5) is 26.0. The first-order valence-electron chi connectivity index (χ1n) is 9.84. The number of ether oxygens (including phenoxy) is 2. The van der Waals surface area contributed by atoms with Crippen molar-refractivity contribution in [2.45, 2.75) is 30.6 Å². The van der Waals surface area contributed by atoms with Gasteiger partial charge in [-0.3, -0.25) is 4.57 Å². The van der Waals surface area contributed by atoms with Crippen LogP contribution in [0.2, 0.25) is 10.0 Å². The fourth-order valence-electron chi connectivity index (χ4n) is 3.77. The molecule has 0 bridgehead atoms. The standard InChI is InChI=1S/C19H18Cl2N6O6/c20-9-2-1-7(3-10(9)21)32-8-4-26(5-8)19-24-15(22)11-16(25-19)27(6-23-11)17-13(29)12(28)14(33-17)18(30)31/h1-3,6,8,12-14,17,28-29H,4-5H2,(H,30,31)(H2,22,24,25)/t12-,13+,14-,17-/m1/s1. The van der Waals surface area contributed by atoms with Crippen molar-refractivity contribution < 1.29 is 29.6 Å². The molecule has 12 nitrogen and oxygen atoms in total. The van der Waals surface area contributed by atoms with Crippen molar-refractivity contribution in [3.63, 3.8) is 0 Å². The maximum Gasteiger partial charge on any atom is 0.335 e. The van der Waals surface area contributed by atoms with E-state index < -0.39 is 30.5 Å². The summed E-state index contributed by atoms with van der Waals surface area (Å²) in [5.41, 5.74) is 6.54. The molecule has 4 atom stereocenters. The molecule has 0 spiro atoms. The lowest BCUT2D eigenvalue weighted by atomic mass is 10.1. The van der Waals surface area contributed by atoms with E-state index in [1.54, 1.807) is 18.2 Å². The number of aliphatic hydroxyl groups excluding tert-OH is 2. The van der Waals surface area contributed by atoms with Gasteiger partial charge in [0.2, 0.25) is 5.95 Å². The Kier molecular flexibility index (Phi) is 5.41. The second kappa shape index (κ2) is 8.15. The molecule has 2 saturated heterocycles. The first kappa shape index (κ1) is 21.9. The van der Waals surface area contributed by atoms with Crippen molar-refractivity contribution in [1.29, 1.82) is 0 Å². The number of hydrogen-bond donors (Lipinski definition) is 4. The van der Waals surface area contributed by atoms with Crippen LogP contribution in [-0.4, -0.2) is 78.3 Å². The minimum atomic E-state index is -1.61. The summed E-state index contributed by atoms with van der Waals surface area (Å²) in [5, 5.41) is 30.4. The number of nitrogens with two attached hydrogens (primary N) is 1. The normalized spacial score (nSPS) is 25.4. The Balaban J connectivity index is 1.35. The minimum absolute atomic E-state index is 0.102. The van der Waals surface area contributed by atoms with Crippen molar-refractivity contribution in [2.24, 2.45) is 0 Å². The lowest BCUT2D eigenvalue weighted by Crippen LogP contribution is -2.54. The number of nitrogens with zero attached hydrogens (tertiary/aromatic N) is 5. The molecule has 3 aromatic rings. The van der Waals surface area contributed by atoms with Gasteiger partial charge in [-0.25, -0.2) is 9.78 Å². The van der Waals surface area contributed by atoms with E-state index >= 15 is 0 Å². The zero-order valence-corrected chi connectivity index (χ0v) is 18.3. The number of anilines is 2. The van der Waals surface area contributed by atoms with E-state index in [1.165, 1.54) is 10.9 Å². The third-order valence-corrected chi connectivity index (χ3v) is 6.26. The molecular formula is C19H18Cl2N6O6. The Morgan fingerprint density at radius 2 is 1.94 bits per heavy atom. The third kappa shape index (κ3) is 3.79. The van der Waals surface area contributed by atoms with Crippen molar-refractivity contribution in [3.8, 4) is 5.75 Å². The van der Waals surface area contributed by atoms with Crippen LogP contribution in [0.5, 0.6) is 5.75 Å². The predicted octanol–water partition coefficient (Wildman–Crippen LogP) is 0.687. The van der Waals surface area contributed by atoms with Crippen LogP contribution in [0, 0.1) is 0 Å². The van der Waals surface area contributed by atoms with Crippen molar-refractivity contribution in [1.82, 2.24) is 19.5 Å². The monoisotopic (exact) mass is 496 g/mol. The first-order chi connectivity index (χ1) is 15.7. The topological polar surface area (TPSA) is 169 Å². The number of aromatic nitrogens is 4. The van der Waals surface area contributed by atoms with Gasteiger partial charge in [-0.2, -0.15) is 9.97 Å². The summed E-state index contributed by atoms with van der Waals surface area (Å²) in [5.74, 6) is -0.400. The van der Waals surface area contributed by atoms with Crippen LogP contribution in [0.15, 0.2) is 24.5 Å². The van der Waals surface area contributed by atoms with Gasteiger partial charge in [0.1, 0.15) is 29.6 Å². The largest absolute Gasteiger partial charge is 0.487 e. The quantitative estimate of drug-likeness (QED) is 0.391. The number of nitrogen functional groups attached to an aromatic ring is 1. The Hall–Kier alpha value is -2.90. The fraction of sp³-hybridized carbons (Fsp3) is 0.368. The molecule has 0 amide bonds. The van der Waals surface area contributed by atoms with Crippen LogP contribution in [0.4, 0.5) is 11.8 Å². The van der Waals surface area contributed by atoms with Gasteiger partial charge in [0.25, 0.3) is 0 Å². The Labute approximate surface area is 196 Å². The van der Waals surface area contributed by atoms with Crippen LogP contribution in [0.3, 0.4) is 0 Å². The molecule has 2 aliphatic heterocycles. The highest BCUT2D eigenvalue weighted by molar-refractivity contribution is 6.42. The van der Waals surface area contributed by atoms with E-state index in [-0.39, 0.29) is 23.1 Å². The molecular weight excluding hydrogens is 479 g/mol. The SMILES string of the molecule is Nc1nc(N2CC(Oc3ccc(Cl)c(Cl)c3)C2)nc2c1ncn2[C@@H]1O[C@@H](C(=O)O)[C@H](O)[C@@H]1O. The summed E-state index contributed by atoms with van der Waals surface area (Å²) >= 11 is 11.9. The second-order valence-electron chi connectivity index (χ2n) is 7.72. The number of rotatable bonds is 5.